The zero-order chi connectivity index (χ0) is 43.0. The molecule has 0 radical (unpaired) electrons. The van der Waals surface area contributed by atoms with Crippen LogP contribution in [-0.4, -0.2) is 37.2 Å². The summed E-state index contributed by atoms with van der Waals surface area (Å²) >= 11 is 0. The number of hydrogen-bond acceptors (Lipinski definition) is 6. The number of esters is 3. The zero-order valence-electron chi connectivity index (χ0n) is 38.5. The van der Waals surface area contributed by atoms with Crippen LogP contribution in [0.25, 0.3) is 0 Å². The van der Waals surface area contributed by atoms with E-state index in [0.717, 1.165) is 70.6 Å². The first-order valence-corrected chi connectivity index (χ1v) is 24.4. The minimum Gasteiger partial charge on any atom is -0.462 e. The lowest BCUT2D eigenvalue weighted by atomic mass is 10.0. The summed E-state index contributed by atoms with van der Waals surface area (Å²) in [4.78, 5) is 37.8. The van der Waals surface area contributed by atoms with Gasteiger partial charge in [-0.05, 0) is 83.5 Å². The summed E-state index contributed by atoms with van der Waals surface area (Å²) in [5.41, 5.74) is 0. The predicted molar refractivity (Wildman–Crippen MR) is 251 cm³/mol. The minimum atomic E-state index is -0.812. The number of carbonyl (C=O) groups is 3. The maximum Gasteiger partial charge on any atom is 0.306 e. The average molecular weight is 823 g/mol. The molecule has 0 rings (SSSR count). The van der Waals surface area contributed by atoms with Crippen LogP contribution in [0.15, 0.2) is 72.9 Å². The van der Waals surface area contributed by atoms with E-state index in [4.69, 9.17) is 14.2 Å². The summed E-state index contributed by atoms with van der Waals surface area (Å²) in [7, 11) is 0. The van der Waals surface area contributed by atoms with Crippen LogP contribution in [0.3, 0.4) is 0 Å². The van der Waals surface area contributed by atoms with Gasteiger partial charge >= 0.3 is 17.9 Å². The van der Waals surface area contributed by atoms with Gasteiger partial charge in [0.05, 0.1) is 0 Å². The van der Waals surface area contributed by atoms with Gasteiger partial charge in [0.2, 0.25) is 0 Å². The molecule has 0 aromatic carbocycles. The second kappa shape index (κ2) is 47.5. The molecule has 0 N–H and O–H groups in total. The van der Waals surface area contributed by atoms with E-state index >= 15 is 0 Å². The quantitative estimate of drug-likeness (QED) is 0.0264. The second-order valence-corrected chi connectivity index (χ2v) is 16.0. The van der Waals surface area contributed by atoms with Gasteiger partial charge in [-0.1, -0.05) is 196 Å². The Balaban J connectivity index is 4.49. The van der Waals surface area contributed by atoms with E-state index in [0.29, 0.717) is 19.3 Å². The smallest absolute Gasteiger partial charge is 0.306 e. The van der Waals surface area contributed by atoms with Gasteiger partial charge in [0, 0.05) is 19.3 Å². The number of unbranched alkanes of at least 4 members (excludes halogenated alkanes) is 20. The van der Waals surface area contributed by atoms with Crippen LogP contribution in [0.2, 0.25) is 0 Å². The third-order valence-electron chi connectivity index (χ3n) is 10.2. The van der Waals surface area contributed by atoms with E-state index < -0.39 is 6.10 Å². The summed E-state index contributed by atoms with van der Waals surface area (Å²) in [5.74, 6) is -1.00. The molecule has 6 nitrogen and oxygen atoms in total. The Hall–Kier alpha value is -3.15. The molecule has 0 aliphatic heterocycles. The van der Waals surface area contributed by atoms with Crippen molar-refractivity contribution in [2.45, 2.75) is 232 Å². The fourth-order valence-electron chi connectivity index (χ4n) is 6.53. The molecule has 0 aromatic rings. The lowest BCUT2D eigenvalue weighted by Gasteiger charge is -2.18. The first-order chi connectivity index (χ1) is 29.0. The van der Waals surface area contributed by atoms with Crippen molar-refractivity contribution in [2.75, 3.05) is 13.2 Å². The van der Waals surface area contributed by atoms with E-state index in [1.165, 1.54) is 103 Å². The molecule has 0 fully saturated rings. The number of carbonyl (C=O) groups excluding carboxylic acids is 3. The van der Waals surface area contributed by atoms with E-state index in [1.54, 1.807) is 0 Å². The largest absolute Gasteiger partial charge is 0.462 e. The van der Waals surface area contributed by atoms with E-state index in [9.17, 15) is 14.4 Å². The molecule has 0 amide bonds. The highest BCUT2D eigenvalue weighted by atomic mass is 16.6. The van der Waals surface area contributed by atoms with Crippen molar-refractivity contribution in [1.82, 2.24) is 0 Å². The van der Waals surface area contributed by atoms with Gasteiger partial charge in [-0.25, -0.2) is 0 Å². The van der Waals surface area contributed by atoms with Crippen LogP contribution >= 0.6 is 0 Å². The summed E-state index contributed by atoms with van der Waals surface area (Å²) in [6, 6.07) is 0. The molecule has 1 unspecified atom stereocenters. The molecule has 0 aliphatic rings. The molecule has 6 heteroatoms. The zero-order valence-corrected chi connectivity index (χ0v) is 38.5. The highest BCUT2D eigenvalue weighted by Crippen LogP contribution is 2.14. The Bertz CT molecular complexity index is 1130. The van der Waals surface area contributed by atoms with Gasteiger partial charge in [0.25, 0.3) is 0 Å². The fraction of sp³-hybridized carbons (Fsp3) is 0.717. The van der Waals surface area contributed by atoms with Gasteiger partial charge in [0.1, 0.15) is 13.2 Å². The lowest BCUT2D eigenvalue weighted by molar-refractivity contribution is -0.167. The molecule has 0 aliphatic carbocycles. The molecule has 59 heavy (non-hydrogen) atoms. The van der Waals surface area contributed by atoms with Crippen molar-refractivity contribution in [3.8, 4) is 0 Å². The molecule has 0 saturated heterocycles. The summed E-state index contributed by atoms with van der Waals surface area (Å²) < 4.78 is 16.7. The summed E-state index contributed by atoms with van der Waals surface area (Å²) in [6.07, 6.45) is 59.0. The monoisotopic (exact) mass is 823 g/mol. The number of hydrogen-bond donors (Lipinski definition) is 0. The van der Waals surface area contributed by atoms with Crippen LogP contribution in [0.5, 0.6) is 0 Å². The van der Waals surface area contributed by atoms with Crippen molar-refractivity contribution >= 4 is 17.9 Å². The van der Waals surface area contributed by atoms with Gasteiger partial charge < -0.3 is 14.2 Å². The van der Waals surface area contributed by atoms with E-state index in [-0.39, 0.29) is 44.0 Å². The van der Waals surface area contributed by atoms with Crippen molar-refractivity contribution in [3.63, 3.8) is 0 Å². The number of allylic oxidation sites excluding steroid dienone is 12. The highest BCUT2D eigenvalue weighted by Gasteiger charge is 2.19. The maximum atomic E-state index is 12.7. The molecule has 1 atom stereocenters. The second-order valence-electron chi connectivity index (χ2n) is 16.0. The standard InChI is InChI=1S/C53H90O6/c1-4-7-10-13-16-19-22-25-26-27-28-29-32-34-37-40-43-46-52(55)58-49-50(59-53(56)47-44-41-38-35-31-24-21-18-15-12-9-6-3)48-57-51(54)45-42-39-36-33-30-23-20-17-14-11-8-5-2/h9,12,18,21,25-26,28-29,31,34-35,37,50H,4-8,10-11,13-17,19-20,22-24,27,30,32-33,36,38-49H2,1-3H3/b12-9-,21-18-,26-25-,29-28-,35-31-,37-34-. The lowest BCUT2D eigenvalue weighted by Crippen LogP contribution is -2.30. The molecular formula is C53H90O6. The Morgan fingerprint density at radius 3 is 1.14 bits per heavy atom. The van der Waals surface area contributed by atoms with Crippen molar-refractivity contribution in [3.05, 3.63) is 72.9 Å². The average Bonchev–Trinajstić information content (AvgIpc) is 3.23. The van der Waals surface area contributed by atoms with Crippen molar-refractivity contribution in [2.24, 2.45) is 0 Å². The van der Waals surface area contributed by atoms with Crippen LogP contribution < -0.4 is 0 Å². The molecule has 0 heterocycles. The van der Waals surface area contributed by atoms with Crippen LogP contribution in [0, 0.1) is 0 Å². The maximum absolute atomic E-state index is 12.7. The topological polar surface area (TPSA) is 78.9 Å². The van der Waals surface area contributed by atoms with Crippen molar-refractivity contribution in [1.29, 1.82) is 0 Å². The van der Waals surface area contributed by atoms with Gasteiger partial charge in [-0.15, -0.1) is 0 Å². The molecule has 0 spiro atoms. The Labute approximate surface area is 363 Å². The molecule has 0 bridgehead atoms. The van der Waals surface area contributed by atoms with E-state index in [1.807, 2.05) is 0 Å². The van der Waals surface area contributed by atoms with Crippen LogP contribution in [-0.2, 0) is 28.6 Å². The van der Waals surface area contributed by atoms with Gasteiger partial charge in [-0.2, -0.15) is 0 Å². The Kier molecular flexibility index (Phi) is 45.0. The predicted octanol–water partition coefficient (Wildman–Crippen LogP) is 15.9. The highest BCUT2D eigenvalue weighted by molar-refractivity contribution is 5.71. The van der Waals surface area contributed by atoms with E-state index in [2.05, 4.69) is 93.7 Å². The fourth-order valence-corrected chi connectivity index (χ4v) is 6.53. The first-order valence-electron chi connectivity index (χ1n) is 24.4. The minimum absolute atomic E-state index is 0.105. The normalized spacial score (nSPS) is 12.7. The van der Waals surface area contributed by atoms with Crippen molar-refractivity contribution < 1.29 is 28.6 Å². The van der Waals surface area contributed by atoms with Crippen LogP contribution in [0.1, 0.15) is 226 Å². The Morgan fingerprint density at radius 1 is 0.356 bits per heavy atom. The third kappa shape index (κ3) is 45.8. The van der Waals surface area contributed by atoms with Gasteiger partial charge in [0.15, 0.2) is 6.10 Å². The first kappa shape index (κ1) is 55.9. The Morgan fingerprint density at radius 2 is 0.678 bits per heavy atom. The number of rotatable bonds is 43. The SMILES string of the molecule is CC/C=C\C/C=C\C/C=C\CCCCC(=O)OC(COC(=O)CCC/C=C\C/C=C\C/C=C\CCCCCCCC)COC(=O)CCCCCCCCCCCCCC. The number of ether oxygens (including phenoxy) is 3. The third-order valence-corrected chi connectivity index (χ3v) is 10.2. The summed E-state index contributed by atoms with van der Waals surface area (Å²) in [5, 5.41) is 0. The molecular weight excluding hydrogens is 733 g/mol. The van der Waals surface area contributed by atoms with Gasteiger partial charge in [-0.3, -0.25) is 14.4 Å². The molecule has 0 aromatic heterocycles. The summed E-state index contributed by atoms with van der Waals surface area (Å²) in [6.45, 7) is 6.42. The van der Waals surface area contributed by atoms with Crippen LogP contribution in [0.4, 0.5) is 0 Å². The molecule has 0 saturated carbocycles. The molecule has 338 valence electrons.